The molecular formula is C26H31NO6. The Morgan fingerprint density at radius 3 is 2.52 bits per heavy atom. The Morgan fingerprint density at radius 1 is 1.12 bits per heavy atom. The quantitative estimate of drug-likeness (QED) is 0.536. The predicted octanol–water partition coefficient (Wildman–Crippen LogP) is 3.79. The molecule has 0 bridgehead atoms. The second kappa shape index (κ2) is 9.41. The van der Waals surface area contributed by atoms with Crippen molar-refractivity contribution in [1.29, 1.82) is 0 Å². The summed E-state index contributed by atoms with van der Waals surface area (Å²) in [5.41, 5.74) is 2.99. The zero-order valence-corrected chi connectivity index (χ0v) is 19.6. The van der Waals surface area contributed by atoms with E-state index in [2.05, 4.69) is 5.32 Å². The van der Waals surface area contributed by atoms with Crippen LogP contribution < -0.4 is 10.1 Å². The molecule has 0 saturated heterocycles. The normalized spacial score (nSPS) is 25.5. The average molecular weight is 454 g/mol. The summed E-state index contributed by atoms with van der Waals surface area (Å²) >= 11 is 0. The van der Waals surface area contributed by atoms with Crippen LogP contribution in [0.15, 0.2) is 46.8 Å². The Morgan fingerprint density at radius 2 is 1.85 bits per heavy atom. The molecule has 1 aliphatic heterocycles. The Labute approximate surface area is 194 Å². The lowest BCUT2D eigenvalue weighted by atomic mass is 9.69. The second-order valence-electron chi connectivity index (χ2n) is 9.12. The largest absolute Gasteiger partial charge is 0.497 e. The first-order valence-electron chi connectivity index (χ1n) is 11.5. The Bertz CT molecular complexity index is 1030. The van der Waals surface area contributed by atoms with Gasteiger partial charge in [0, 0.05) is 22.9 Å². The topological polar surface area (TPSA) is 90.9 Å². The lowest BCUT2D eigenvalue weighted by molar-refractivity contribution is -0.151. The van der Waals surface area contributed by atoms with Gasteiger partial charge in [0.2, 0.25) is 0 Å². The zero-order chi connectivity index (χ0) is 23.7. The molecule has 3 atom stereocenters. The molecule has 0 aromatic heterocycles. The fourth-order valence-corrected chi connectivity index (χ4v) is 5.33. The molecular weight excluding hydrogens is 422 g/mol. The highest BCUT2D eigenvalue weighted by molar-refractivity contribution is 6.12. The minimum absolute atomic E-state index is 0.107. The molecule has 7 nitrogen and oxygen atoms in total. The number of nitrogens with one attached hydrogen (secondary N) is 1. The number of ether oxygens (including phenoxy) is 3. The van der Waals surface area contributed by atoms with E-state index in [1.54, 1.807) is 7.11 Å². The van der Waals surface area contributed by atoms with Gasteiger partial charge < -0.3 is 19.5 Å². The van der Waals surface area contributed by atoms with E-state index in [9.17, 15) is 14.4 Å². The van der Waals surface area contributed by atoms with Crippen LogP contribution in [-0.4, -0.2) is 38.0 Å². The third kappa shape index (κ3) is 4.28. The number of methoxy groups -OCH3 is 2. The molecule has 1 N–H and O–H groups in total. The van der Waals surface area contributed by atoms with Gasteiger partial charge >= 0.3 is 11.9 Å². The molecule has 33 heavy (non-hydrogen) atoms. The molecule has 176 valence electrons. The van der Waals surface area contributed by atoms with E-state index in [0.29, 0.717) is 29.0 Å². The molecule has 0 radical (unpaired) electrons. The third-order valence-corrected chi connectivity index (χ3v) is 6.97. The summed E-state index contributed by atoms with van der Waals surface area (Å²) in [5.74, 6) is -2.45. The lowest BCUT2D eigenvalue weighted by Crippen LogP contribution is -2.43. The van der Waals surface area contributed by atoms with Crippen LogP contribution in [0.3, 0.4) is 0 Å². The van der Waals surface area contributed by atoms with Crippen LogP contribution in [-0.2, 0) is 23.9 Å². The highest BCUT2D eigenvalue weighted by Gasteiger charge is 2.47. The second-order valence-corrected chi connectivity index (χ2v) is 9.12. The number of rotatable bonds is 5. The number of carbonyl (C=O) groups is 3. The molecule has 1 fully saturated rings. The highest BCUT2D eigenvalue weighted by atomic mass is 16.5. The molecule has 1 saturated carbocycles. The van der Waals surface area contributed by atoms with Gasteiger partial charge in [-0.05, 0) is 62.6 Å². The number of hydrogen-bond acceptors (Lipinski definition) is 7. The maximum Gasteiger partial charge on any atom is 0.337 e. The van der Waals surface area contributed by atoms with Crippen molar-refractivity contribution >= 4 is 17.7 Å². The van der Waals surface area contributed by atoms with E-state index in [4.69, 9.17) is 14.2 Å². The number of carbonyl (C=O) groups excluding carboxylic acids is 3. The van der Waals surface area contributed by atoms with Crippen LogP contribution in [0.4, 0.5) is 0 Å². The van der Waals surface area contributed by atoms with Crippen molar-refractivity contribution in [1.82, 2.24) is 5.32 Å². The molecule has 0 unspecified atom stereocenters. The Balaban J connectivity index is 1.82. The molecule has 0 amide bonds. The van der Waals surface area contributed by atoms with E-state index in [1.165, 1.54) is 7.11 Å². The number of hydrogen-bond donors (Lipinski definition) is 1. The summed E-state index contributed by atoms with van der Waals surface area (Å²) in [7, 11) is 2.86. The van der Waals surface area contributed by atoms with Crippen molar-refractivity contribution in [3.8, 4) is 5.75 Å². The van der Waals surface area contributed by atoms with Crippen molar-refractivity contribution < 1.29 is 28.6 Å². The van der Waals surface area contributed by atoms with E-state index in [1.807, 2.05) is 38.1 Å². The number of esters is 2. The molecule has 1 aromatic rings. The van der Waals surface area contributed by atoms with Gasteiger partial charge in [0.1, 0.15) is 17.8 Å². The highest BCUT2D eigenvalue weighted by Crippen LogP contribution is 2.46. The maximum atomic E-state index is 13.7. The van der Waals surface area contributed by atoms with E-state index in [0.717, 1.165) is 36.9 Å². The molecule has 7 heteroatoms. The standard InChI is InChI=1S/C26H31NO6/c1-14-12-19-23(24(28)20(14)25(29)32-4)22(16-8-7-11-18(13-16)31-3)21(15(2)27-19)26(30)33-17-9-5-6-10-17/h7-8,11,13-14,17,20,22,27H,5-6,9-10,12H2,1-4H3/t14-,20-,22+/m0/s1. The van der Waals surface area contributed by atoms with Crippen LogP contribution in [0.5, 0.6) is 5.75 Å². The maximum absolute atomic E-state index is 13.7. The van der Waals surface area contributed by atoms with Crippen LogP contribution >= 0.6 is 0 Å². The van der Waals surface area contributed by atoms with Gasteiger partial charge in [-0.25, -0.2) is 4.79 Å². The molecule has 3 aliphatic rings. The first-order valence-corrected chi connectivity index (χ1v) is 11.5. The minimum atomic E-state index is -0.908. The molecule has 4 rings (SSSR count). The summed E-state index contributed by atoms with van der Waals surface area (Å²) in [5, 5.41) is 3.30. The summed E-state index contributed by atoms with van der Waals surface area (Å²) in [6.07, 6.45) is 4.18. The summed E-state index contributed by atoms with van der Waals surface area (Å²) < 4.78 is 16.2. The molecule has 0 spiro atoms. The molecule has 1 aromatic carbocycles. The van der Waals surface area contributed by atoms with Crippen LogP contribution in [0.25, 0.3) is 0 Å². The monoisotopic (exact) mass is 453 g/mol. The van der Waals surface area contributed by atoms with Crippen LogP contribution in [0, 0.1) is 11.8 Å². The van der Waals surface area contributed by atoms with Gasteiger partial charge in [-0.3, -0.25) is 9.59 Å². The first kappa shape index (κ1) is 23.1. The van der Waals surface area contributed by atoms with Crippen LogP contribution in [0.2, 0.25) is 0 Å². The van der Waals surface area contributed by atoms with Gasteiger partial charge in [-0.1, -0.05) is 19.1 Å². The number of benzene rings is 1. The molecule has 2 aliphatic carbocycles. The van der Waals surface area contributed by atoms with Gasteiger partial charge in [0.25, 0.3) is 0 Å². The summed E-state index contributed by atoms with van der Waals surface area (Å²) in [4.78, 5) is 39.7. The van der Waals surface area contributed by atoms with Crippen molar-refractivity contribution in [3.63, 3.8) is 0 Å². The molecule has 1 heterocycles. The number of dihydropyridines is 1. The van der Waals surface area contributed by atoms with Crippen molar-refractivity contribution in [3.05, 3.63) is 52.4 Å². The van der Waals surface area contributed by atoms with Gasteiger partial charge in [0.05, 0.1) is 19.8 Å². The Hall–Kier alpha value is -3.09. The Kier molecular flexibility index (Phi) is 6.58. The van der Waals surface area contributed by atoms with Crippen molar-refractivity contribution in [2.75, 3.05) is 14.2 Å². The van der Waals surface area contributed by atoms with E-state index in [-0.39, 0.29) is 17.8 Å². The number of Topliss-reactive ketones (excluding diaryl/α,β-unsaturated/α-hetero) is 1. The minimum Gasteiger partial charge on any atom is -0.497 e. The van der Waals surface area contributed by atoms with Gasteiger partial charge in [-0.15, -0.1) is 0 Å². The first-order chi connectivity index (χ1) is 15.8. The van der Waals surface area contributed by atoms with Crippen molar-refractivity contribution in [2.45, 2.75) is 58.0 Å². The van der Waals surface area contributed by atoms with E-state index < -0.39 is 23.8 Å². The smallest absolute Gasteiger partial charge is 0.337 e. The van der Waals surface area contributed by atoms with Gasteiger partial charge in [0.15, 0.2) is 5.78 Å². The predicted molar refractivity (Wildman–Crippen MR) is 121 cm³/mol. The van der Waals surface area contributed by atoms with Crippen LogP contribution in [0.1, 0.15) is 57.4 Å². The summed E-state index contributed by atoms with van der Waals surface area (Å²) in [6, 6.07) is 7.35. The van der Waals surface area contributed by atoms with Gasteiger partial charge in [-0.2, -0.15) is 0 Å². The zero-order valence-electron chi connectivity index (χ0n) is 19.6. The summed E-state index contributed by atoms with van der Waals surface area (Å²) in [6.45, 7) is 3.71. The third-order valence-electron chi connectivity index (χ3n) is 6.97. The van der Waals surface area contributed by atoms with Crippen molar-refractivity contribution in [2.24, 2.45) is 11.8 Å². The lowest BCUT2D eigenvalue weighted by Gasteiger charge is -2.38. The SMILES string of the molecule is COC(=O)[C@@H]1C(=O)C2=C(C[C@@H]1C)NC(C)=C(C(=O)OC1CCCC1)[C@H]2c1cccc(OC)c1. The number of ketones is 1. The average Bonchev–Trinajstić information content (AvgIpc) is 3.30. The fourth-order valence-electron chi connectivity index (χ4n) is 5.33. The fraction of sp³-hybridized carbons (Fsp3) is 0.500. The number of allylic oxidation sites excluding steroid dienone is 3. The van der Waals surface area contributed by atoms with E-state index >= 15 is 0 Å².